The molecule has 1 N–H and O–H groups in total. The van der Waals surface area contributed by atoms with Gasteiger partial charge in [-0.3, -0.25) is 9.59 Å². The maximum atomic E-state index is 14.1. The number of fused-ring (bicyclic) bond motifs is 1. The smallest absolute Gasteiger partial charge is 0.247 e. The van der Waals surface area contributed by atoms with E-state index < -0.39 is 6.04 Å². The van der Waals surface area contributed by atoms with Crippen LogP contribution < -0.4 is 14.8 Å². The van der Waals surface area contributed by atoms with E-state index in [4.69, 9.17) is 9.47 Å². The van der Waals surface area contributed by atoms with Crippen molar-refractivity contribution in [3.05, 3.63) is 70.4 Å². The molecule has 1 aliphatic rings. The monoisotopic (exact) mass is 547 g/mol. The molecule has 10 heteroatoms. The van der Waals surface area contributed by atoms with Gasteiger partial charge in [0.25, 0.3) is 0 Å². The number of benzene rings is 2. The zero-order valence-electron chi connectivity index (χ0n) is 22.2. The highest BCUT2D eigenvalue weighted by Gasteiger charge is 2.34. The van der Waals surface area contributed by atoms with Gasteiger partial charge in [0.2, 0.25) is 11.8 Å². The molecule has 9 nitrogen and oxygen atoms in total. The third kappa shape index (κ3) is 6.06. The minimum absolute atomic E-state index is 0.0492. The van der Waals surface area contributed by atoms with Crippen LogP contribution in [-0.4, -0.2) is 52.0 Å². The molecule has 1 atom stereocenters. The van der Waals surface area contributed by atoms with E-state index >= 15 is 0 Å². The van der Waals surface area contributed by atoms with Gasteiger partial charge in [0.05, 0.1) is 26.3 Å². The average Bonchev–Trinajstić information content (AvgIpc) is 3.63. The quantitative estimate of drug-likeness (QED) is 0.308. The van der Waals surface area contributed by atoms with Crippen LogP contribution in [0.15, 0.2) is 60.0 Å². The molecule has 0 unspecified atom stereocenters. The normalized spacial score (nSPS) is 14.6. The summed E-state index contributed by atoms with van der Waals surface area (Å²) >= 11 is 1.55. The first-order chi connectivity index (χ1) is 19.1. The first kappa shape index (κ1) is 26.7. The fourth-order valence-electron chi connectivity index (χ4n) is 5.17. The highest BCUT2D eigenvalue weighted by molar-refractivity contribution is 7.09. The standard InChI is InChI=1S/C29H33N5O4S/c1-37-25-15-14-20(17-26(25)38-2)28(29(36)30-21-9-4-3-5-10-21)33(18-22-11-8-16-39-22)27(35)19-34-24-13-7-6-12-23(24)31-32-34/h6-8,11-17,21,28H,3-5,9-10,18-19H2,1-2H3,(H,30,36)/t28-/m0/s1. The summed E-state index contributed by atoms with van der Waals surface area (Å²) in [6, 6.07) is 16.0. The van der Waals surface area contributed by atoms with Gasteiger partial charge in [-0.1, -0.05) is 48.7 Å². The maximum Gasteiger partial charge on any atom is 0.247 e. The van der Waals surface area contributed by atoms with Crippen molar-refractivity contribution in [3.8, 4) is 11.5 Å². The second kappa shape index (κ2) is 12.3. The number of methoxy groups -OCH3 is 2. The number of nitrogens with one attached hydrogen (secondary N) is 1. The van der Waals surface area contributed by atoms with Gasteiger partial charge in [-0.2, -0.15) is 0 Å². The van der Waals surface area contributed by atoms with Crippen molar-refractivity contribution in [1.29, 1.82) is 0 Å². The molecular weight excluding hydrogens is 514 g/mol. The molecule has 2 heterocycles. The fraction of sp³-hybridized carbons (Fsp3) is 0.379. The van der Waals surface area contributed by atoms with Crippen molar-refractivity contribution < 1.29 is 19.1 Å². The molecule has 0 aliphatic heterocycles. The highest BCUT2D eigenvalue weighted by Crippen LogP contribution is 2.34. The molecule has 2 aromatic heterocycles. The number of hydrogen-bond donors (Lipinski definition) is 1. The van der Waals surface area contributed by atoms with Crippen LogP contribution in [-0.2, 0) is 22.7 Å². The minimum Gasteiger partial charge on any atom is -0.493 e. The molecule has 0 saturated heterocycles. The van der Waals surface area contributed by atoms with E-state index in [0.29, 0.717) is 22.6 Å². The molecular formula is C29H33N5O4S. The van der Waals surface area contributed by atoms with Gasteiger partial charge in [0.1, 0.15) is 18.1 Å². The SMILES string of the molecule is COc1ccc([C@@H](C(=O)NC2CCCCC2)N(Cc2cccs2)C(=O)Cn2nnc3ccccc32)cc1OC. The maximum absolute atomic E-state index is 14.1. The van der Waals surface area contributed by atoms with Crippen LogP contribution in [0.5, 0.6) is 11.5 Å². The number of thiophene rings is 1. The Morgan fingerprint density at radius 3 is 2.59 bits per heavy atom. The molecule has 1 saturated carbocycles. The zero-order chi connectivity index (χ0) is 27.2. The van der Waals surface area contributed by atoms with E-state index in [-0.39, 0.29) is 30.9 Å². The lowest BCUT2D eigenvalue weighted by molar-refractivity contribution is -0.142. The summed E-state index contributed by atoms with van der Waals surface area (Å²) < 4.78 is 12.6. The first-order valence-electron chi connectivity index (χ1n) is 13.2. The number of ether oxygens (including phenoxy) is 2. The molecule has 204 valence electrons. The Morgan fingerprint density at radius 1 is 1.05 bits per heavy atom. The van der Waals surface area contributed by atoms with Crippen LogP contribution >= 0.6 is 11.3 Å². The van der Waals surface area contributed by atoms with Crippen molar-refractivity contribution in [2.24, 2.45) is 0 Å². The summed E-state index contributed by atoms with van der Waals surface area (Å²) in [5, 5.41) is 13.6. The van der Waals surface area contributed by atoms with Gasteiger partial charge in [-0.25, -0.2) is 4.68 Å². The summed E-state index contributed by atoms with van der Waals surface area (Å²) in [5.41, 5.74) is 2.12. The van der Waals surface area contributed by atoms with Crippen molar-refractivity contribution >= 4 is 34.2 Å². The van der Waals surface area contributed by atoms with Gasteiger partial charge >= 0.3 is 0 Å². The molecule has 2 amide bonds. The predicted molar refractivity (Wildman–Crippen MR) is 150 cm³/mol. The second-order valence-electron chi connectivity index (χ2n) is 9.70. The molecule has 0 spiro atoms. The number of rotatable bonds is 10. The topological polar surface area (TPSA) is 98.6 Å². The molecule has 1 fully saturated rings. The lowest BCUT2D eigenvalue weighted by Crippen LogP contribution is -2.47. The van der Waals surface area contributed by atoms with Crippen molar-refractivity contribution in [2.45, 2.75) is 57.3 Å². The summed E-state index contributed by atoms with van der Waals surface area (Å²) in [7, 11) is 3.13. The van der Waals surface area contributed by atoms with Crippen molar-refractivity contribution in [1.82, 2.24) is 25.2 Å². The number of hydrogen-bond acceptors (Lipinski definition) is 7. The Labute approximate surface area is 231 Å². The van der Waals surface area contributed by atoms with Gasteiger partial charge in [-0.05, 0) is 54.1 Å². The van der Waals surface area contributed by atoms with Crippen LogP contribution in [0.1, 0.15) is 48.6 Å². The van der Waals surface area contributed by atoms with E-state index in [9.17, 15) is 9.59 Å². The van der Waals surface area contributed by atoms with Crippen LogP contribution in [0.4, 0.5) is 0 Å². The van der Waals surface area contributed by atoms with E-state index in [2.05, 4.69) is 15.6 Å². The lowest BCUT2D eigenvalue weighted by Gasteiger charge is -2.33. The number of aromatic nitrogens is 3. The number of carbonyl (C=O) groups is 2. The molecule has 4 aromatic rings. The Bertz CT molecular complexity index is 1410. The zero-order valence-corrected chi connectivity index (χ0v) is 23.0. The molecule has 2 aromatic carbocycles. The number of carbonyl (C=O) groups excluding carboxylic acids is 2. The van der Waals surface area contributed by atoms with Crippen molar-refractivity contribution in [2.75, 3.05) is 14.2 Å². The largest absolute Gasteiger partial charge is 0.493 e. The van der Waals surface area contributed by atoms with Gasteiger partial charge in [0, 0.05) is 10.9 Å². The molecule has 39 heavy (non-hydrogen) atoms. The third-order valence-electron chi connectivity index (χ3n) is 7.17. The molecule has 5 rings (SSSR count). The predicted octanol–water partition coefficient (Wildman–Crippen LogP) is 4.73. The lowest BCUT2D eigenvalue weighted by atomic mass is 9.94. The summed E-state index contributed by atoms with van der Waals surface area (Å²) in [4.78, 5) is 30.7. The second-order valence-corrected chi connectivity index (χ2v) is 10.7. The fourth-order valence-corrected chi connectivity index (χ4v) is 5.87. The average molecular weight is 548 g/mol. The van der Waals surface area contributed by atoms with E-state index in [1.165, 1.54) is 6.42 Å². The molecule has 0 radical (unpaired) electrons. The Hall–Kier alpha value is -3.92. The molecule has 1 aliphatic carbocycles. The van der Waals surface area contributed by atoms with Crippen LogP contribution in [0.3, 0.4) is 0 Å². The van der Waals surface area contributed by atoms with Crippen LogP contribution in [0, 0.1) is 0 Å². The number of nitrogens with zero attached hydrogens (tertiary/aromatic N) is 4. The van der Waals surface area contributed by atoms with Gasteiger partial charge in [0.15, 0.2) is 11.5 Å². The number of amides is 2. The van der Waals surface area contributed by atoms with Crippen LogP contribution in [0.25, 0.3) is 11.0 Å². The Morgan fingerprint density at radius 2 is 1.85 bits per heavy atom. The van der Waals surface area contributed by atoms with E-state index in [0.717, 1.165) is 36.1 Å². The summed E-state index contributed by atoms with van der Waals surface area (Å²) in [5.74, 6) is 0.606. The Balaban J connectivity index is 1.53. The highest BCUT2D eigenvalue weighted by atomic mass is 32.1. The van der Waals surface area contributed by atoms with Gasteiger partial charge in [-0.15, -0.1) is 16.4 Å². The third-order valence-corrected chi connectivity index (χ3v) is 8.03. The Kier molecular flexibility index (Phi) is 8.41. The van der Waals surface area contributed by atoms with Crippen LogP contribution in [0.2, 0.25) is 0 Å². The minimum atomic E-state index is -0.879. The summed E-state index contributed by atoms with van der Waals surface area (Å²) in [6.07, 6.45) is 5.23. The van der Waals surface area contributed by atoms with E-state index in [1.807, 2.05) is 47.8 Å². The number of para-hydroxylation sites is 1. The summed E-state index contributed by atoms with van der Waals surface area (Å²) in [6.45, 7) is 0.229. The van der Waals surface area contributed by atoms with Crippen molar-refractivity contribution in [3.63, 3.8) is 0 Å². The van der Waals surface area contributed by atoms with Gasteiger partial charge < -0.3 is 19.7 Å². The first-order valence-corrected chi connectivity index (χ1v) is 14.1. The molecule has 0 bridgehead atoms. The van der Waals surface area contributed by atoms with E-state index in [1.54, 1.807) is 47.3 Å².